The van der Waals surface area contributed by atoms with E-state index in [1.54, 1.807) is 18.3 Å². The van der Waals surface area contributed by atoms with Crippen LogP contribution < -0.4 is 5.56 Å². The summed E-state index contributed by atoms with van der Waals surface area (Å²) < 4.78 is 13.2. The number of hydrogen-bond acceptors (Lipinski definition) is 1. The smallest absolute Gasteiger partial charge is 0.250 e. The van der Waals surface area contributed by atoms with E-state index in [0.717, 1.165) is 0 Å². The summed E-state index contributed by atoms with van der Waals surface area (Å²) in [4.78, 5) is 11.0. The quantitative estimate of drug-likeness (QED) is 0.643. The zero-order chi connectivity index (χ0) is 8.10. The molecule has 0 aliphatic rings. The highest BCUT2D eigenvalue weighted by Gasteiger charge is 1.91. The van der Waals surface area contributed by atoms with Crippen molar-refractivity contribution in [3.8, 4) is 0 Å². The van der Waals surface area contributed by atoms with Gasteiger partial charge in [0.25, 0.3) is 0 Å². The molecule has 0 radical (unpaired) electrons. The summed E-state index contributed by atoms with van der Waals surface area (Å²) in [6, 6.07) is 4.91. The molecule has 0 unspecified atom stereocenters. The minimum atomic E-state index is -0.374. The third kappa shape index (κ3) is 2.18. The Labute approximate surface area is 64.3 Å². The van der Waals surface area contributed by atoms with Crippen molar-refractivity contribution in [2.45, 2.75) is 13.0 Å². The SMILES string of the molecule is O=c1ccccn1CCCF. The van der Waals surface area contributed by atoms with Crippen LogP contribution >= 0.6 is 0 Å². The summed E-state index contributed by atoms with van der Waals surface area (Å²) in [6.07, 6.45) is 2.07. The average Bonchev–Trinajstić information content (AvgIpc) is 2.03. The molecule has 1 aromatic rings. The first-order chi connectivity index (χ1) is 5.34. The highest BCUT2D eigenvalue weighted by Crippen LogP contribution is 1.87. The lowest BCUT2D eigenvalue weighted by molar-refractivity contribution is 0.443. The van der Waals surface area contributed by atoms with Gasteiger partial charge in [0.15, 0.2) is 0 Å². The van der Waals surface area contributed by atoms with Crippen molar-refractivity contribution in [2.24, 2.45) is 0 Å². The summed E-state index contributed by atoms with van der Waals surface area (Å²) in [5.74, 6) is 0. The Morgan fingerprint density at radius 2 is 2.27 bits per heavy atom. The van der Waals surface area contributed by atoms with Gasteiger partial charge in [-0.05, 0) is 12.5 Å². The molecule has 0 saturated carbocycles. The Balaban J connectivity index is 2.70. The number of aromatic nitrogens is 1. The standard InChI is InChI=1S/C8H10FNO/c9-5-3-7-10-6-2-1-4-8(10)11/h1-2,4,6H,3,5,7H2. The molecular formula is C8H10FNO. The zero-order valence-electron chi connectivity index (χ0n) is 6.16. The van der Waals surface area contributed by atoms with Crippen LogP contribution in [-0.2, 0) is 6.54 Å². The van der Waals surface area contributed by atoms with Gasteiger partial charge >= 0.3 is 0 Å². The Morgan fingerprint density at radius 3 is 2.91 bits per heavy atom. The highest BCUT2D eigenvalue weighted by molar-refractivity contribution is 4.92. The van der Waals surface area contributed by atoms with E-state index in [-0.39, 0.29) is 12.2 Å². The molecule has 0 spiro atoms. The molecule has 3 heteroatoms. The Bertz CT molecular complexity index is 269. The van der Waals surface area contributed by atoms with Gasteiger partial charge in [-0.25, -0.2) is 0 Å². The molecule has 0 bridgehead atoms. The molecule has 11 heavy (non-hydrogen) atoms. The van der Waals surface area contributed by atoms with Crippen LogP contribution in [-0.4, -0.2) is 11.2 Å². The topological polar surface area (TPSA) is 22.0 Å². The number of nitrogens with zero attached hydrogens (tertiary/aromatic N) is 1. The number of rotatable bonds is 3. The van der Waals surface area contributed by atoms with Crippen LogP contribution in [0.5, 0.6) is 0 Å². The Morgan fingerprint density at radius 1 is 1.45 bits per heavy atom. The first-order valence-corrected chi connectivity index (χ1v) is 3.56. The van der Waals surface area contributed by atoms with Crippen molar-refractivity contribution in [1.29, 1.82) is 0 Å². The maximum atomic E-state index is 11.7. The number of aryl methyl sites for hydroxylation is 1. The van der Waals surface area contributed by atoms with Crippen LogP contribution in [0.1, 0.15) is 6.42 Å². The molecule has 60 valence electrons. The van der Waals surface area contributed by atoms with E-state index < -0.39 is 0 Å². The lowest BCUT2D eigenvalue weighted by atomic mass is 10.4. The Kier molecular flexibility index (Phi) is 2.83. The van der Waals surface area contributed by atoms with Crippen LogP contribution in [0.15, 0.2) is 29.2 Å². The van der Waals surface area contributed by atoms with E-state index in [1.807, 2.05) is 0 Å². The van der Waals surface area contributed by atoms with E-state index in [0.29, 0.717) is 13.0 Å². The van der Waals surface area contributed by atoms with E-state index in [1.165, 1.54) is 10.6 Å². The normalized spacial score (nSPS) is 9.91. The largest absolute Gasteiger partial charge is 0.315 e. The second kappa shape index (κ2) is 3.91. The van der Waals surface area contributed by atoms with Crippen LogP contribution in [0.4, 0.5) is 4.39 Å². The number of alkyl halides is 1. The second-order valence-electron chi connectivity index (χ2n) is 2.27. The minimum absolute atomic E-state index is 0.0686. The van der Waals surface area contributed by atoms with Gasteiger partial charge in [0.2, 0.25) is 5.56 Å². The first kappa shape index (κ1) is 7.98. The number of pyridine rings is 1. The molecule has 0 aliphatic heterocycles. The second-order valence-corrected chi connectivity index (χ2v) is 2.27. The highest BCUT2D eigenvalue weighted by atomic mass is 19.1. The molecule has 2 nitrogen and oxygen atoms in total. The van der Waals surface area contributed by atoms with Crippen molar-refractivity contribution in [3.05, 3.63) is 34.7 Å². The fraction of sp³-hybridized carbons (Fsp3) is 0.375. The maximum Gasteiger partial charge on any atom is 0.250 e. The van der Waals surface area contributed by atoms with Gasteiger partial charge in [-0.1, -0.05) is 6.07 Å². The average molecular weight is 155 g/mol. The minimum Gasteiger partial charge on any atom is -0.315 e. The van der Waals surface area contributed by atoms with Crippen molar-refractivity contribution < 1.29 is 4.39 Å². The van der Waals surface area contributed by atoms with Gasteiger partial charge in [-0.3, -0.25) is 9.18 Å². The molecule has 0 aromatic carbocycles. The van der Waals surface area contributed by atoms with Crippen molar-refractivity contribution in [2.75, 3.05) is 6.67 Å². The van der Waals surface area contributed by atoms with Gasteiger partial charge in [-0.15, -0.1) is 0 Å². The molecule has 1 rings (SSSR count). The molecule has 1 heterocycles. The van der Waals surface area contributed by atoms with E-state index >= 15 is 0 Å². The van der Waals surface area contributed by atoms with Crippen LogP contribution in [0.2, 0.25) is 0 Å². The van der Waals surface area contributed by atoms with Crippen LogP contribution in [0, 0.1) is 0 Å². The predicted molar refractivity (Wildman–Crippen MR) is 41.3 cm³/mol. The number of halogens is 1. The van der Waals surface area contributed by atoms with E-state index in [9.17, 15) is 9.18 Å². The van der Waals surface area contributed by atoms with Crippen molar-refractivity contribution in [1.82, 2.24) is 4.57 Å². The van der Waals surface area contributed by atoms with E-state index in [2.05, 4.69) is 0 Å². The maximum absolute atomic E-state index is 11.7. The fourth-order valence-electron chi connectivity index (χ4n) is 0.875. The Hall–Kier alpha value is -1.12. The molecule has 0 N–H and O–H groups in total. The van der Waals surface area contributed by atoms with Gasteiger partial charge in [0.05, 0.1) is 6.67 Å². The lowest BCUT2D eigenvalue weighted by Crippen LogP contribution is -2.17. The molecular weight excluding hydrogens is 145 g/mol. The first-order valence-electron chi connectivity index (χ1n) is 3.56. The molecule has 1 aromatic heterocycles. The van der Waals surface area contributed by atoms with Crippen LogP contribution in [0.25, 0.3) is 0 Å². The monoisotopic (exact) mass is 155 g/mol. The van der Waals surface area contributed by atoms with Gasteiger partial charge in [-0.2, -0.15) is 0 Å². The summed E-state index contributed by atoms with van der Waals surface area (Å²) in [7, 11) is 0. The third-order valence-electron chi connectivity index (χ3n) is 1.43. The molecule has 0 saturated heterocycles. The van der Waals surface area contributed by atoms with E-state index in [4.69, 9.17) is 0 Å². The summed E-state index contributed by atoms with van der Waals surface area (Å²) in [5.41, 5.74) is -0.0686. The van der Waals surface area contributed by atoms with Gasteiger partial charge < -0.3 is 4.57 Å². The molecule has 0 aliphatic carbocycles. The van der Waals surface area contributed by atoms with Crippen LogP contribution in [0.3, 0.4) is 0 Å². The van der Waals surface area contributed by atoms with Crippen molar-refractivity contribution >= 4 is 0 Å². The van der Waals surface area contributed by atoms with Crippen molar-refractivity contribution in [3.63, 3.8) is 0 Å². The molecule has 0 amide bonds. The lowest BCUT2D eigenvalue weighted by Gasteiger charge is -2.00. The number of hydrogen-bond donors (Lipinski definition) is 0. The summed E-state index contributed by atoms with van der Waals surface area (Å²) in [5, 5.41) is 0. The fourth-order valence-corrected chi connectivity index (χ4v) is 0.875. The van der Waals surface area contributed by atoms with Gasteiger partial charge in [0.1, 0.15) is 0 Å². The summed E-state index contributed by atoms with van der Waals surface area (Å²) >= 11 is 0. The molecule has 0 fully saturated rings. The zero-order valence-corrected chi connectivity index (χ0v) is 6.16. The summed E-state index contributed by atoms with van der Waals surface area (Å²) in [6.45, 7) is 0.0947. The molecule has 0 atom stereocenters. The predicted octanol–water partition coefficient (Wildman–Crippen LogP) is 1.21. The third-order valence-corrected chi connectivity index (χ3v) is 1.43. The van der Waals surface area contributed by atoms with Gasteiger partial charge in [0, 0.05) is 18.8 Å².